The van der Waals surface area contributed by atoms with Gasteiger partial charge < -0.3 is 20.4 Å². The van der Waals surface area contributed by atoms with Crippen molar-refractivity contribution in [2.45, 2.75) is 45.1 Å². The molecule has 0 bridgehead atoms. The largest absolute Gasteiger partial charge is 0.356 e. The number of carbonyl (C=O) groups is 1. The lowest BCUT2D eigenvalue weighted by Crippen LogP contribution is -2.55. The van der Waals surface area contributed by atoms with Gasteiger partial charge in [0, 0.05) is 64.5 Å². The number of piperidine rings is 1. The molecule has 0 radical (unpaired) electrons. The first kappa shape index (κ1) is 23.3. The maximum Gasteiger partial charge on any atom is 0.224 e. The molecular weight excluding hydrogens is 390 g/mol. The van der Waals surface area contributed by atoms with E-state index in [0.29, 0.717) is 13.0 Å². The Labute approximate surface area is 187 Å². The molecule has 0 saturated carbocycles. The second-order valence-corrected chi connectivity index (χ2v) is 9.02. The number of nitrogens with one attached hydrogen (secondary N) is 2. The predicted molar refractivity (Wildman–Crippen MR) is 127 cm³/mol. The van der Waals surface area contributed by atoms with Crippen LogP contribution in [0.3, 0.4) is 0 Å². The summed E-state index contributed by atoms with van der Waals surface area (Å²) >= 11 is 0. The van der Waals surface area contributed by atoms with Crippen LogP contribution in [0.15, 0.2) is 29.4 Å². The molecule has 2 N–H and O–H groups in total. The Morgan fingerprint density at radius 2 is 1.81 bits per heavy atom. The zero-order valence-electron chi connectivity index (χ0n) is 19.4. The van der Waals surface area contributed by atoms with E-state index in [9.17, 15) is 4.79 Å². The lowest BCUT2D eigenvalue weighted by molar-refractivity contribution is -0.131. The van der Waals surface area contributed by atoms with Gasteiger partial charge in [-0.2, -0.15) is 0 Å². The average Bonchev–Trinajstić information content (AvgIpc) is 2.82. The van der Waals surface area contributed by atoms with E-state index in [1.54, 1.807) is 7.05 Å². The maximum atomic E-state index is 12.6. The van der Waals surface area contributed by atoms with Gasteiger partial charge in [0.15, 0.2) is 5.96 Å². The number of aliphatic imine (C=N–C) groups is 1. The number of hydrogen-bond donors (Lipinski definition) is 2. The van der Waals surface area contributed by atoms with Crippen LogP contribution in [0.4, 0.5) is 5.82 Å². The van der Waals surface area contributed by atoms with Crippen LogP contribution in [-0.2, 0) is 4.79 Å². The number of amides is 1. The minimum Gasteiger partial charge on any atom is -0.356 e. The van der Waals surface area contributed by atoms with Crippen molar-refractivity contribution in [3.63, 3.8) is 0 Å². The summed E-state index contributed by atoms with van der Waals surface area (Å²) in [5.41, 5.74) is 0.0845. The molecule has 3 rings (SSSR count). The first-order valence-electron chi connectivity index (χ1n) is 11.6. The van der Waals surface area contributed by atoms with Crippen LogP contribution in [-0.4, -0.2) is 91.6 Å². The van der Waals surface area contributed by atoms with Crippen LogP contribution < -0.4 is 15.5 Å². The second-order valence-electron chi connectivity index (χ2n) is 9.02. The molecule has 2 aliphatic rings. The summed E-state index contributed by atoms with van der Waals surface area (Å²) in [5, 5.41) is 6.74. The Kier molecular flexibility index (Phi) is 8.51. The standard InChI is InChI=1S/C23H39N7O/c1-23(2,30-13-7-4-8-14-30)19-27-22(24-3)26-12-10-21(31)29-17-15-28(16-18-29)20-9-5-6-11-25-20/h5-6,9,11H,4,7-8,10,12-19H2,1-3H3,(H2,24,26,27). The van der Waals surface area contributed by atoms with Gasteiger partial charge in [-0.1, -0.05) is 12.5 Å². The number of carbonyl (C=O) groups excluding carboxylic acids is 1. The van der Waals surface area contributed by atoms with Gasteiger partial charge in [0.05, 0.1) is 0 Å². The Balaban J connectivity index is 1.35. The van der Waals surface area contributed by atoms with Gasteiger partial charge >= 0.3 is 0 Å². The molecular formula is C23H39N7O. The highest BCUT2D eigenvalue weighted by molar-refractivity contribution is 5.81. The summed E-state index contributed by atoms with van der Waals surface area (Å²) in [5.74, 6) is 1.94. The van der Waals surface area contributed by atoms with Crippen molar-refractivity contribution in [1.29, 1.82) is 0 Å². The summed E-state index contributed by atoms with van der Waals surface area (Å²) < 4.78 is 0. The minimum atomic E-state index is 0.0845. The van der Waals surface area contributed by atoms with Gasteiger partial charge in [-0.15, -0.1) is 0 Å². The number of anilines is 1. The molecule has 2 saturated heterocycles. The average molecular weight is 430 g/mol. The number of pyridine rings is 1. The van der Waals surface area contributed by atoms with E-state index in [0.717, 1.165) is 44.5 Å². The van der Waals surface area contributed by atoms with Crippen molar-refractivity contribution < 1.29 is 4.79 Å². The number of hydrogen-bond acceptors (Lipinski definition) is 5. The highest BCUT2D eigenvalue weighted by Gasteiger charge is 2.28. The summed E-state index contributed by atoms with van der Waals surface area (Å²) in [6.45, 7) is 11.5. The van der Waals surface area contributed by atoms with Crippen LogP contribution in [0.25, 0.3) is 0 Å². The SMILES string of the molecule is CN=C(NCCC(=O)N1CCN(c2ccccn2)CC1)NCC(C)(C)N1CCCCC1. The summed E-state index contributed by atoms with van der Waals surface area (Å²) in [4.78, 5) is 28.1. The van der Waals surface area contributed by atoms with E-state index in [1.807, 2.05) is 29.3 Å². The van der Waals surface area contributed by atoms with E-state index in [1.165, 1.54) is 32.4 Å². The summed E-state index contributed by atoms with van der Waals surface area (Å²) in [7, 11) is 1.78. The fraction of sp³-hybridized carbons (Fsp3) is 0.696. The normalized spacial score (nSPS) is 18.7. The maximum absolute atomic E-state index is 12.6. The molecule has 31 heavy (non-hydrogen) atoms. The molecule has 1 amide bonds. The first-order valence-corrected chi connectivity index (χ1v) is 11.6. The van der Waals surface area contributed by atoms with Crippen molar-refractivity contribution in [2.24, 2.45) is 4.99 Å². The van der Waals surface area contributed by atoms with E-state index in [4.69, 9.17) is 0 Å². The van der Waals surface area contributed by atoms with Gasteiger partial charge in [0.1, 0.15) is 5.82 Å². The van der Waals surface area contributed by atoms with Gasteiger partial charge in [-0.25, -0.2) is 4.98 Å². The molecule has 0 aromatic carbocycles. The number of nitrogens with zero attached hydrogens (tertiary/aromatic N) is 5. The van der Waals surface area contributed by atoms with Gasteiger partial charge in [-0.05, 0) is 51.9 Å². The fourth-order valence-electron chi connectivity index (χ4n) is 4.30. The smallest absolute Gasteiger partial charge is 0.224 e. The zero-order chi connectivity index (χ0) is 22.1. The molecule has 0 unspecified atom stereocenters. The highest BCUT2D eigenvalue weighted by Crippen LogP contribution is 2.19. The second kappa shape index (κ2) is 11.3. The number of rotatable bonds is 7. The van der Waals surface area contributed by atoms with Gasteiger partial charge in [0.25, 0.3) is 0 Å². The Bertz CT molecular complexity index is 708. The van der Waals surface area contributed by atoms with Crippen molar-refractivity contribution in [3.05, 3.63) is 24.4 Å². The zero-order valence-corrected chi connectivity index (χ0v) is 19.4. The molecule has 172 valence electrons. The fourth-order valence-corrected chi connectivity index (χ4v) is 4.30. The molecule has 0 spiro atoms. The molecule has 0 atom stereocenters. The molecule has 1 aromatic heterocycles. The lowest BCUT2D eigenvalue weighted by Gasteiger charge is -2.41. The third-order valence-corrected chi connectivity index (χ3v) is 6.36. The van der Waals surface area contributed by atoms with E-state index in [2.05, 4.69) is 44.3 Å². The lowest BCUT2D eigenvalue weighted by atomic mass is 9.98. The third-order valence-electron chi connectivity index (χ3n) is 6.36. The van der Waals surface area contributed by atoms with Gasteiger partial charge in [0.2, 0.25) is 5.91 Å². The van der Waals surface area contributed by atoms with Gasteiger partial charge in [-0.3, -0.25) is 14.7 Å². The molecule has 1 aromatic rings. The molecule has 8 heteroatoms. The van der Waals surface area contributed by atoms with Crippen molar-refractivity contribution in [2.75, 3.05) is 64.3 Å². The molecule has 0 aliphatic carbocycles. The minimum absolute atomic E-state index is 0.0845. The van der Waals surface area contributed by atoms with Crippen molar-refractivity contribution >= 4 is 17.7 Å². The van der Waals surface area contributed by atoms with E-state index >= 15 is 0 Å². The number of likely N-dealkylation sites (tertiary alicyclic amines) is 1. The predicted octanol–water partition coefficient (Wildman–Crippen LogP) is 1.55. The molecule has 3 heterocycles. The topological polar surface area (TPSA) is 76.1 Å². The van der Waals surface area contributed by atoms with E-state index in [-0.39, 0.29) is 11.4 Å². The van der Waals surface area contributed by atoms with Crippen molar-refractivity contribution in [1.82, 2.24) is 25.4 Å². The Hall–Kier alpha value is -2.35. The first-order chi connectivity index (χ1) is 15.0. The molecule has 2 aliphatic heterocycles. The van der Waals surface area contributed by atoms with Crippen LogP contribution in [0.2, 0.25) is 0 Å². The summed E-state index contributed by atoms with van der Waals surface area (Å²) in [6.07, 6.45) is 6.20. The quantitative estimate of drug-likeness (QED) is 0.506. The monoisotopic (exact) mass is 429 g/mol. The Morgan fingerprint density at radius 1 is 1.06 bits per heavy atom. The Morgan fingerprint density at radius 3 is 2.45 bits per heavy atom. The number of guanidine groups is 1. The number of piperazine rings is 1. The third kappa shape index (κ3) is 6.82. The highest BCUT2D eigenvalue weighted by atomic mass is 16.2. The summed E-state index contributed by atoms with van der Waals surface area (Å²) in [6, 6.07) is 5.94. The van der Waals surface area contributed by atoms with Crippen LogP contribution in [0, 0.1) is 0 Å². The van der Waals surface area contributed by atoms with Crippen LogP contribution in [0.1, 0.15) is 39.5 Å². The van der Waals surface area contributed by atoms with Crippen LogP contribution >= 0.6 is 0 Å². The van der Waals surface area contributed by atoms with E-state index < -0.39 is 0 Å². The van der Waals surface area contributed by atoms with Crippen LogP contribution in [0.5, 0.6) is 0 Å². The molecule has 8 nitrogen and oxygen atoms in total. The van der Waals surface area contributed by atoms with Crippen molar-refractivity contribution in [3.8, 4) is 0 Å². The number of aromatic nitrogens is 1. The molecule has 2 fully saturated rings.